The Bertz CT molecular complexity index is 500. The molecule has 0 fully saturated rings. The van der Waals surface area contributed by atoms with Crippen LogP contribution in [-0.2, 0) is 0 Å². The lowest BCUT2D eigenvalue weighted by molar-refractivity contribution is 0.110. The van der Waals surface area contributed by atoms with Gasteiger partial charge in [0.1, 0.15) is 5.82 Å². The zero-order chi connectivity index (χ0) is 10.8. The summed E-state index contributed by atoms with van der Waals surface area (Å²) in [5.41, 5.74) is 1.83. The highest BCUT2D eigenvalue weighted by molar-refractivity contribution is 5.85. The summed E-state index contributed by atoms with van der Waals surface area (Å²) in [5, 5.41) is 0. The Morgan fingerprint density at radius 3 is 2.80 bits per heavy atom. The first-order valence-corrected chi connectivity index (χ1v) is 4.52. The van der Waals surface area contributed by atoms with Gasteiger partial charge in [0.2, 0.25) is 0 Å². The van der Waals surface area contributed by atoms with Crippen molar-refractivity contribution in [3.05, 3.63) is 47.7 Å². The Morgan fingerprint density at radius 1 is 1.27 bits per heavy atom. The van der Waals surface area contributed by atoms with E-state index in [0.29, 0.717) is 23.0 Å². The summed E-state index contributed by atoms with van der Waals surface area (Å²) >= 11 is 0. The fourth-order valence-electron chi connectivity index (χ4n) is 1.53. The molecule has 2 aromatic rings. The zero-order valence-corrected chi connectivity index (χ0v) is 8.16. The fraction of sp³-hybridized carbons (Fsp3) is 0.0833. The largest absolute Gasteiger partial charge is 0.461 e. The number of furan rings is 1. The fourth-order valence-corrected chi connectivity index (χ4v) is 1.53. The zero-order valence-electron chi connectivity index (χ0n) is 8.16. The Balaban J connectivity index is 2.64. The van der Waals surface area contributed by atoms with Crippen LogP contribution in [0.4, 0.5) is 4.39 Å². The van der Waals surface area contributed by atoms with Gasteiger partial charge in [0.25, 0.3) is 0 Å². The molecule has 2 nitrogen and oxygen atoms in total. The van der Waals surface area contributed by atoms with Crippen molar-refractivity contribution in [1.29, 1.82) is 0 Å². The number of hydrogen-bond acceptors (Lipinski definition) is 2. The third-order valence-electron chi connectivity index (χ3n) is 2.36. The summed E-state index contributed by atoms with van der Waals surface area (Å²) in [6.45, 7) is 1.67. The smallest absolute Gasteiger partial charge is 0.185 e. The predicted octanol–water partition coefficient (Wildman–Crippen LogP) is 3.21. The molecule has 76 valence electrons. The summed E-state index contributed by atoms with van der Waals surface area (Å²) in [7, 11) is 0. The van der Waals surface area contributed by atoms with Gasteiger partial charge in [0, 0.05) is 5.56 Å². The highest BCUT2D eigenvalue weighted by Gasteiger charge is 2.11. The lowest BCUT2D eigenvalue weighted by atomic mass is 10.0. The molecule has 0 saturated heterocycles. The van der Waals surface area contributed by atoms with Gasteiger partial charge in [-0.1, -0.05) is 12.1 Å². The van der Waals surface area contributed by atoms with Gasteiger partial charge in [-0.05, 0) is 30.2 Å². The van der Waals surface area contributed by atoms with E-state index in [1.54, 1.807) is 25.1 Å². The van der Waals surface area contributed by atoms with Crippen molar-refractivity contribution in [2.24, 2.45) is 0 Å². The van der Waals surface area contributed by atoms with Crippen LogP contribution in [0.3, 0.4) is 0 Å². The molecule has 0 unspecified atom stereocenters. The van der Waals surface area contributed by atoms with Crippen LogP contribution in [0.5, 0.6) is 0 Å². The average molecular weight is 204 g/mol. The third kappa shape index (κ3) is 1.56. The van der Waals surface area contributed by atoms with Crippen LogP contribution in [-0.4, -0.2) is 6.29 Å². The van der Waals surface area contributed by atoms with E-state index >= 15 is 0 Å². The molecule has 1 heterocycles. The number of hydrogen-bond donors (Lipinski definition) is 0. The van der Waals surface area contributed by atoms with Gasteiger partial charge in [-0.3, -0.25) is 4.79 Å². The predicted molar refractivity (Wildman–Crippen MR) is 54.2 cm³/mol. The number of aldehydes is 1. The van der Waals surface area contributed by atoms with E-state index in [1.165, 1.54) is 12.3 Å². The first-order valence-electron chi connectivity index (χ1n) is 4.52. The molecule has 2 rings (SSSR count). The number of halogens is 1. The van der Waals surface area contributed by atoms with Gasteiger partial charge in [-0.25, -0.2) is 4.39 Å². The second-order valence-electron chi connectivity index (χ2n) is 3.23. The first-order chi connectivity index (χ1) is 7.24. The maximum Gasteiger partial charge on any atom is 0.185 e. The summed E-state index contributed by atoms with van der Waals surface area (Å²) in [5.74, 6) is -0.0609. The minimum Gasteiger partial charge on any atom is -0.461 e. The van der Waals surface area contributed by atoms with E-state index in [9.17, 15) is 9.18 Å². The van der Waals surface area contributed by atoms with Gasteiger partial charge in [-0.2, -0.15) is 0 Å². The van der Waals surface area contributed by atoms with Gasteiger partial charge in [-0.15, -0.1) is 0 Å². The summed E-state index contributed by atoms with van der Waals surface area (Å²) in [4.78, 5) is 10.7. The molecule has 1 aromatic heterocycles. The standard InChI is InChI=1S/C12H9FO2/c1-8-9(3-2-4-11(8)13)10-5-6-15-12(10)7-14/h2-7H,1H3. The summed E-state index contributed by atoms with van der Waals surface area (Å²) < 4.78 is 18.3. The quantitative estimate of drug-likeness (QED) is 0.703. The second-order valence-corrected chi connectivity index (χ2v) is 3.23. The lowest BCUT2D eigenvalue weighted by Gasteiger charge is -2.04. The normalized spacial score (nSPS) is 10.3. The molecular formula is C12H9FO2. The van der Waals surface area contributed by atoms with Crippen molar-refractivity contribution in [2.45, 2.75) is 6.92 Å². The average Bonchev–Trinajstić information content (AvgIpc) is 2.70. The van der Waals surface area contributed by atoms with Crippen LogP contribution in [0.2, 0.25) is 0 Å². The molecule has 0 aliphatic rings. The topological polar surface area (TPSA) is 30.2 Å². The maximum absolute atomic E-state index is 13.3. The highest BCUT2D eigenvalue weighted by atomic mass is 19.1. The van der Waals surface area contributed by atoms with Crippen molar-refractivity contribution in [2.75, 3.05) is 0 Å². The van der Waals surface area contributed by atoms with Crippen LogP contribution in [0.25, 0.3) is 11.1 Å². The van der Waals surface area contributed by atoms with E-state index in [2.05, 4.69) is 0 Å². The SMILES string of the molecule is Cc1c(F)cccc1-c1ccoc1C=O. The van der Waals surface area contributed by atoms with Crippen LogP contribution in [0.1, 0.15) is 16.1 Å². The molecule has 0 N–H and O–H groups in total. The second kappa shape index (κ2) is 3.69. The van der Waals surface area contributed by atoms with E-state index < -0.39 is 0 Å². The van der Waals surface area contributed by atoms with Crippen molar-refractivity contribution < 1.29 is 13.6 Å². The van der Waals surface area contributed by atoms with Gasteiger partial charge in [0.05, 0.1) is 6.26 Å². The highest BCUT2D eigenvalue weighted by Crippen LogP contribution is 2.28. The minimum absolute atomic E-state index is 0.226. The molecule has 0 atom stereocenters. The van der Waals surface area contributed by atoms with Crippen LogP contribution in [0.15, 0.2) is 34.9 Å². The monoisotopic (exact) mass is 204 g/mol. The Labute approximate surface area is 86.3 Å². The van der Waals surface area contributed by atoms with E-state index in [4.69, 9.17) is 4.42 Å². The van der Waals surface area contributed by atoms with Crippen molar-refractivity contribution in [3.63, 3.8) is 0 Å². The molecule has 0 aliphatic carbocycles. The molecule has 0 amide bonds. The molecule has 0 saturated carbocycles. The number of carbonyl (C=O) groups is 1. The number of rotatable bonds is 2. The minimum atomic E-state index is -0.287. The molecule has 1 aromatic carbocycles. The summed E-state index contributed by atoms with van der Waals surface area (Å²) in [6, 6.07) is 6.42. The summed E-state index contributed by atoms with van der Waals surface area (Å²) in [6.07, 6.45) is 2.04. The molecule has 3 heteroatoms. The van der Waals surface area contributed by atoms with Crippen LogP contribution >= 0.6 is 0 Å². The Morgan fingerprint density at radius 2 is 2.07 bits per heavy atom. The van der Waals surface area contributed by atoms with Gasteiger partial charge >= 0.3 is 0 Å². The van der Waals surface area contributed by atoms with E-state index in [1.807, 2.05) is 0 Å². The van der Waals surface area contributed by atoms with Crippen molar-refractivity contribution in [3.8, 4) is 11.1 Å². The van der Waals surface area contributed by atoms with Gasteiger partial charge < -0.3 is 4.42 Å². The molecular weight excluding hydrogens is 195 g/mol. The molecule has 15 heavy (non-hydrogen) atoms. The first kappa shape index (κ1) is 9.65. The van der Waals surface area contributed by atoms with Crippen molar-refractivity contribution in [1.82, 2.24) is 0 Å². The molecule has 0 spiro atoms. The van der Waals surface area contributed by atoms with Gasteiger partial charge in [0.15, 0.2) is 12.0 Å². The molecule has 0 radical (unpaired) electrons. The number of carbonyl (C=O) groups excluding carboxylic acids is 1. The Hall–Kier alpha value is -1.90. The number of benzene rings is 1. The maximum atomic E-state index is 13.3. The van der Waals surface area contributed by atoms with Crippen molar-refractivity contribution >= 4 is 6.29 Å². The third-order valence-corrected chi connectivity index (χ3v) is 2.36. The molecule has 0 bridgehead atoms. The Kier molecular flexibility index (Phi) is 2.37. The molecule has 0 aliphatic heterocycles. The van der Waals surface area contributed by atoms with E-state index in [-0.39, 0.29) is 11.6 Å². The lowest BCUT2D eigenvalue weighted by Crippen LogP contribution is -1.89. The van der Waals surface area contributed by atoms with E-state index in [0.717, 1.165) is 0 Å². The van der Waals surface area contributed by atoms with Crippen LogP contribution < -0.4 is 0 Å². The van der Waals surface area contributed by atoms with Crippen LogP contribution in [0, 0.1) is 12.7 Å².